The molecule has 0 spiro atoms. The van der Waals surface area contributed by atoms with Crippen LogP contribution in [-0.2, 0) is 30.5 Å². The minimum atomic E-state index is -3.59. The molecule has 0 aliphatic carbocycles. The van der Waals surface area contributed by atoms with Gasteiger partial charge in [-0.05, 0) is 49.1 Å². The number of sulfonamides is 1. The molecule has 1 aliphatic heterocycles. The van der Waals surface area contributed by atoms with E-state index in [0.717, 1.165) is 23.8 Å². The molecule has 10 nitrogen and oxygen atoms in total. The highest BCUT2D eigenvalue weighted by Gasteiger charge is 2.27. The van der Waals surface area contributed by atoms with E-state index in [1.807, 2.05) is 6.92 Å². The second kappa shape index (κ2) is 9.15. The van der Waals surface area contributed by atoms with E-state index in [2.05, 4.69) is 10.3 Å². The lowest BCUT2D eigenvalue weighted by Gasteiger charge is -2.16. The first-order valence-corrected chi connectivity index (χ1v) is 12.6. The molecule has 1 amide bonds. The maximum absolute atomic E-state index is 13.1. The average Bonchev–Trinajstić information content (AvgIpc) is 3.38. The van der Waals surface area contributed by atoms with Crippen molar-refractivity contribution in [1.82, 2.24) is 18.4 Å². The van der Waals surface area contributed by atoms with Crippen molar-refractivity contribution in [1.29, 1.82) is 0 Å². The van der Waals surface area contributed by atoms with Gasteiger partial charge in [0.2, 0.25) is 10.0 Å². The molecule has 0 radical (unpaired) electrons. The lowest BCUT2D eigenvalue weighted by molar-refractivity contribution is 0.102. The first kappa shape index (κ1) is 23.8. The fraction of sp³-hybridized carbons (Fsp3) is 0.391. The third-order valence-electron chi connectivity index (χ3n) is 6.12. The second-order valence-electron chi connectivity index (χ2n) is 8.40. The summed E-state index contributed by atoms with van der Waals surface area (Å²) in [6.45, 7) is 2.96. The second-order valence-corrected chi connectivity index (χ2v) is 10.3. The number of fused-ring (bicyclic) bond motifs is 1. The summed E-state index contributed by atoms with van der Waals surface area (Å²) >= 11 is 0. The third-order valence-corrected chi connectivity index (χ3v) is 8.04. The molecular weight excluding hydrogens is 458 g/mol. The Bertz CT molecular complexity index is 1480. The van der Waals surface area contributed by atoms with E-state index in [0.29, 0.717) is 30.8 Å². The number of pyridine rings is 1. The number of anilines is 1. The van der Waals surface area contributed by atoms with Gasteiger partial charge in [0.05, 0.1) is 10.6 Å². The van der Waals surface area contributed by atoms with E-state index in [1.165, 1.54) is 47.2 Å². The molecule has 3 heterocycles. The Morgan fingerprint density at radius 2 is 1.71 bits per heavy atom. The number of carbonyl (C=O) groups is 1. The van der Waals surface area contributed by atoms with Crippen LogP contribution >= 0.6 is 0 Å². The molecule has 2 aromatic heterocycles. The van der Waals surface area contributed by atoms with Crippen molar-refractivity contribution in [2.24, 2.45) is 14.1 Å². The summed E-state index contributed by atoms with van der Waals surface area (Å²) in [5.41, 5.74) is 0.338. The molecule has 3 aromatic rings. The highest BCUT2D eigenvalue weighted by molar-refractivity contribution is 7.89. The largest absolute Gasteiger partial charge is 0.332 e. The highest BCUT2D eigenvalue weighted by atomic mass is 32.2. The Morgan fingerprint density at radius 3 is 2.32 bits per heavy atom. The predicted octanol–water partition coefficient (Wildman–Crippen LogP) is 1.62. The van der Waals surface area contributed by atoms with Crippen LogP contribution in [0.3, 0.4) is 0 Å². The number of aryl methyl sites for hydroxylation is 2. The molecule has 0 saturated carbocycles. The summed E-state index contributed by atoms with van der Waals surface area (Å²) in [4.78, 5) is 42.8. The number of amides is 1. The highest BCUT2D eigenvalue weighted by Crippen LogP contribution is 2.25. The molecule has 4 rings (SSSR count). The van der Waals surface area contributed by atoms with Gasteiger partial charge in [-0.3, -0.25) is 18.7 Å². The van der Waals surface area contributed by atoms with Gasteiger partial charge in [0, 0.05) is 38.9 Å². The van der Waals surface area contributed by atoms with Gasteiger partial charge in [-0.25, -0.2) is 18.2 Å². The number of aromatic nitrogens is 3. The van der Waals surface area contributed by atoms with Gasteiger partial charge < -0.3 is 5.32 Å². The lowest BCUT2D eigenvalue weighted by atomic mass is 10.1. The molecule has 1 saturated heterocycles. The van der Waals surface area contributed by atoms with E-state index in [9.17, 15) is 22.8 Å². The number of carbonyl (C=O) groups excluding carboxylic acids is 1. The van der Waals surface area contributed by atoms with Crippen LogP contribution in [0.5, 0.6) is 0 Å². The van der Waals surface area contributed by atoms with Crippen LogP contribution in [0.1, 0.15) is 42.1 Å². The van der Waals surface area contributed by atoms with Crippen LogP contribution in [0.2, 0.25) is 0 Å². The van der Waals surface area contributed by atoms with Gasteiger partial charge in [-0.1, -0.05) is 13.3 Å². The Balaban J connectivity index is 1.73. The summed E-state index contributed by atoms with van der Waals surface area (Å²) in [6, 6.07) is 5.75. The van der Waals surface area contributed by atoms with Crippen molar-refractivity contribution in [3.63, 3.8) is 0 Å². The van der Waals surface area contributed by atoms with Crippen LogP contribution in [0.25, 0.3) is 11.0 Å². The van der Waals surface area contributed by atoms with Gasteiger partial charge in [0.25, 0.3) is 11.5 Å². The van der Waals surface area contributed by atoms with E-state index in [4.69, 9.17) is 0 Å². The molecule has 1 aromatic carbocycles. The van der Waals surface area contributed by atoms with E-state index in [-0.39, 0.29) is 21.5 Å². The van der Waals surface area contributed by atoms with Crippen LogP contribution in [0, 0.1) is 0 Å². The van der Waals surface area contributed by atoms with Crippen LogP contribution in [0.15, 0.2) is 44.9 Å². The van der Waals surface area contributed by atoms with Crippen LogP contribution in [-0.4, -0.2) is 45.8 Å². The molecule has 180 valence electrons. The summed E-state index contributed by atoms with van der Waals surface area (Å²) in [7, 11) is -0.693. The molecule has 1 aliphatic rings. The zero-order valence-corrected chi connectivity index (χ0v) is 20.2. The Hall–Kier alpha value is -3.31. The number of nitrogens with one attached hydrogen (secondary N) is 1. The average molecular weight is 486 g/mol. The van der Waals surface area contributed by atoms with E-state index < -0.39 is 27.2 Å². The molecule has 1 N–H and O–H groups in total. The SMILES string of the molecule is CCCc1cnc2c(c1NC(=O)c1ccc(S(=O)(=O)N3CCCC3)cc1)c(=O)n(C)c(=O)n2C. The molecule has 0 unspecified atom stereocenters. The molecule has 11 heteroatoms. The van der Waals surface area contributed by atoms with Gasteiger partial charge in [-0.2, -0.15) is 4.31 Å². The van der Waals surface area contributed by atoms with Crippen molar-refractivity contribution < 1.29 is 13.2 Å². The summed E-state index contributed by atoms with van der Waals surface area (Å²) in [5.74, 6) is -0.495. The number of hydrogen-bond donors (Lipinski definition) is 1. The predicted molar refractivity (Wildman–Crippen MR) is 129 cm³/mol. The molecular formula is C23H27N5O5S. The van der Waals surface area contributed by atoms with Crippen molar-refractivity contribution in [2.45, 2.75) is 37.5 Å². The first-order chi connectivity index (χ1) is 16.2. The number of benzene rings is 1. The number of hydrogen-bond acceptors (Lipinski definition) is 6. The summed E-state index contributed by atoms with van der Waals surface area (Å²) in [6.07, 6.45) is 4.56. The van der Waals surface area contributed by atoms with Crippen molar-refractivity contribution in [2.75, 3.05) is 18.4 Å². The summed E-state index contributed by atoms with van der Waals surface area (Å²) in [5, 5.41) is 2.97. The number of rotatable bonds is 6. The Morgan fingerprint density at radius 1 is 1.06 bits per heavy atom. The summed E-state index contributed by atoms with van der Waals surface area (Å²) < 4.78 is 29.2. The van der Waals surface area contributed by atoms with Crippen LogP contribution < -0.4 is 16.6 Å². The van der Waals surface area contributed by atoms with Crippen molar-refractivity contribution in [3.05, 3.63) is 62.4 Å². The standard InChI is InChI=1S/C23H27N5O5S/c1-4-7-16-14-24-20-18(22(30)27(3)23(31)26(20)2)19(16)25-21(29)15-8-10-17(11-9-15)34(32,33)28-12-5-6-13-28/h8-11,14H,4-7,12-13H2,1-3H3,(H,24,25,29). The van der Waals surface area contributed by atoms with Gasteiger partial charge in [0.1, 0.15) is 5.39 Å². The van der Waals surface area contributed by atoms with Gasteiger partial charge in [-0.15, -0.1) is 0 Å². The third kappa shape index (κ3) is 4.05. The number of nitrogens with zero attached hydrogens (tertiary/aromatic N) is 4. The van der Waals surface area contributed by atoms with Crippen molar-refractivity contribution in [3.8, 4) is 0 Å². The fourth-order valence-electron chi connectivity index (χ4n) is 4.21. The van der Waals surface area contributed by atoms with Gasteiger partial charge >= 0.3 is 5.69 Å². The normalized spacial score (nSPS) is 14.6. The Kier molecular flexibility index (Phi) is 6.41. The van der Waals surface area contributed by atoms with E-state index in [1.54, 1.807) is 6.20 Å². The van der Waals surface area contributed by atoms with Gasteiger partial charge in [0.15, 0.2) is 5.65 Å². The topological polar surface area (TPSA) is 123 Å². The molecule has 0 bridgehead atoms. The quantitative estimate of drug-likeness (QED) is 0.566. The molecule has 0 atom stereocenters. The van der Waals surface area contributed by atoms with Crippen molar-refractivity contribution >= 4 is 32.7 Å². The monoisotopic (exact) mass is 485 g/mol. The zero-order valence-electron chi connectivity index (χ0n) is 19.4. The minimum absolute atomic E-state index is 0.135. The van der Waals surface area contributed by atoms with E-state index >= 15 is 0 Å². The smallest absolute Gasteiger partial charge is 0.321 e. The Labute approximate surface area is 196 Å². The van der Waals surface area contributed by atoms with Crippen LogP contribution in [0.4, 0.5) is 5.69 Å². The lowest BCUT2D eigenvalue weighted by Crippen LogP contribution is -2.38. The molecule has 34 heavy (non-hydrogen) atoms. The minimum Gasteiger partial charge on any atom is -0.321 e. The molecule has 1 fully saturated rings. The first-order valence-electron chi connectivity index (χ1n) is 11.2. The maximum atomic E-state index is 13.1. The zero-order chi connectivity index (χ0) is 24.6. The fourth-order valence-corrected chi connectivity index (χ4v) is 5.73. The maximum Gasteiger partial charge on any atom is 0.332 e.